The lowest BCUT2D eigenvalue weighted by Crippen LogP contribution is -1.73. The Balaban J connectivity index is 2.69. The van der Waals surface area contributed by atoms with Crippen molar-refractivity contribution in [1.82, 2.24) is 0 Å². The minimum atomic E-state index is 0.933. The first-order valence-electron chi connectivity index (χ1n) is 3.19. The molecule has 9 heavy (non-hydrogen) atoms. The SMILES string of the molecule is C#CCCCC[CH]SC. The average Bonchev–Trinajstić information content (AvgIpc) is 1.89. The van der Waals surface area contributed by atoms with Crippen LogP contribution in [0.25, 0.3) is 0 Å². The molecular formula is C8H13S. The van der Waals surface area contributed by atoms with Gasteiger partial charge < -0.3 is 0 Å². The van der Waals surface area contributed by atoms with Crippen LogP contribution in [0.1, 0.15) is 25.7 Å². The fourth-order valence-electron chi connectivity index (χ4n) is 0.573. The molecule has 0 aliphatic rings. The maximum atomic E-state index is 5.08. The fraction of sp³-hybridized carbons (Fsp3) is 0.625. The summed E-state index contributed by atoms with van der Waals surface area (Å²) >= 11 is 1.78. The molecule has 0 nitrogen and oxygen atoms in total. The molecular weight excluding hydrogens is 128 g/mol. The van der Waals surface area contributed by atoms with E-state index in [2.05, 4.69) is 17.9 Å². The maximum Gasteiger partial charge on any atom is 0.0163 e. The van der Waals surface area contributed by atoms with Crippen molar-refractivity contribution in [1.29, 1.82) is 0 Å². The van der Waals surface area contributed by atoms with E-state index in [-0.39, 0.29) is 0 Å². The lowest BCUT2D eigenvalue weighted by atomic mass is 10.2. The van der Waals surface area contributed by atoms with Gasteiger partial charge in [0.25, 0.3) is 0 Å². The van der Waals surface area contributed by atoms with Gasteiger partial charge in [-0.15, -0.1) is 12.3 Å². The Hall–Kier alpha value is -0.0900. The lowest BCUT2D eigenvalue weighted by Gasteiger charge is -1.93. The van der Waals surface area contributed by atoms with Crippen molar-refractivity contribution in [2.24, 2.45) is 0 Å². The van der Waals surface area contributed by atoms with Crippen molar-refractivity contribution >= 4 is 11.8 Å². The van der Waals surface area contributed by atoms with E-state index in [1.165, 1.54) is 19.3 Å². The van der Waals surface area contributed by atoms with Gasteiger partial charge >= 0.3 is 0 Å². The standard InChI is InChI=1S/C8H13S/c1-3-4-5-6-7-8-9-2/h1,8H,4-7H2,2H3. The molecule has 0 aromatic heterocycles. The van der Waals surface area contributed by atoms with Crippen LogP contribution in [0.5, 0.6) is 0 Å². The second-order valence-corrected chi connectivity index (χ2v) is 2.66. The van der Waals surface area contributed by atoms with Crippen molar-refractivity contribution in [3.63, 3.8) is 0 Å². The van der Waals surface area contributed by atoms with Gasteiger partial charge in [-0.05, 0) is 19.1 Å². The minimum absolute atomic E-state index is 0.933. The number of thioether (sulfide) groups is 1. The highest BCUT2D eigenvalue weighted by molar-refractivity contribution is 8.00. The van der Waals surface area contributed by atoms with Crippen LogP contribution >= 0.6 is 11.8 Å². The number of hydrogen-bond donors (Lipinski definition) is 0. The largest absolute Gasteiger partial charge is 0.161 e. The summed E-state index contributed by atoms with van der Waals surface area (Å²) < 4.78 is 0. The molecule has 0 amide bonds. The summed E-state index contributed by atoms with van der Waals surface area (Å²) in [6.45, 7) is 0. The Kier molecular flexibility index (Phi) is 7.83. The summed E-state index contributed by atoms with van der Waals surface area (Å²) in [5, 5.41) is 0. The van der Waals surface area contributed by atoms with Crippen LogP contribution in [0, 0.1) is 18.1 Å². The van der Waals surface area contributed by atoms with E-state index in [0.717, 1.165) is 6.42 Å². The molecule has 0 spiro atoms. The smallest absolute Gasteiger partial charge is 0.0163 e. The number of unbranched alkanes of at least 4 members (excludes halogenated alkanes) is 3. The topological polar surface area (TPSA) is 0 Å². The number of terminal acetylenes is 1. The van der Waals surface area contributed by atoms with E-state index >= 15 is 0 Å². The molecule has 0 aromatic carbocycles. The van der Waals surface area contributed by atoms with E-state index in [0.29, 0.717) is 0 Å². The minimum Gasteiger partial charge on any atom is -0.161 e. The van der Waals surface area contributed by atoms with Crippen LogP contribution in [0.4, 0.5) is 0 Å². The number of rotatable bonds is 5. The third-order valence-electron chi connectivity index (χ3n) is 1.06. The highest BCUT2D eigenvalue weighted by atomic mass is 32.2. The zero-order chi connectivity index (χ0) is 6.95. The Morgan fingerprint density at radius 3 is 2.89 bits per heavy atom. The van der Waals surface area contributed by atoms with E-state index < -0.39 is 0 Å². The molecule has 0 fully saturated rings. The van der Waals surface area contributed by atoms with Crippen LogP contribution in [-0.4, -0.2) is 6.26 Å². The molecule has 0 heterocycles. The van der Waals surface area contributed by atoms with E-state index in [1.54, 1.807) is 11.8 Å². The highest BCUT2D eigenvalue weighted by Gasteiger charge is 1.85. The van der Waals surface area contributed by atoms with Crippen molar-refractivity contribution in [3.05, 3.63) is 5.75 Å². The van der Waals surface area contributed by atoms with Crippen LogP contribution in [-0.2, 0) is 0 Å². The summed E-state index contributed by atoms with van der Waals surface area (Å²) in [6.07, 6.45) is 11.7. The van der Waals surface area contributed by atoms with Gasteiger partial charge in [0, 0.05) is 12.2 Å². The third-order valence-corrected chi connectivity index (χ3v) is 1.63. The maximum absolute atomic E-state index is 5.08. The first-order valence-corrected chi connectivity index (χ1v) is 4.48. The zero-order valence-corrected chi connectivity index (χ0v) is 6.71. The molecule has 51 valence electrons. The molecule has 1 heteroatoms. The van der Waals surface area contributed by atoms with Gasteiger partial charge in [0.1, 0.15) is 0 Å². The Morgan fingerprint density at radius 2 is 2.33 bits per heavy atom. The molecule has 0 aliphatic carbocycles. The third kappa shape index (κ3) is 7.91. The predicted octanol–water partition coefficient (Wildman–Crippen LogP) is 2.70. The Morgan fingerprint density at radius 1 is 1.56 bits per heavy atom. The molecule has 0 saturated carbocycles. The van der Waals surface area contributed by atoms with Gasteiger partial charge in [0.05, 0.1) is 0 Å². The molecule has 0 aromatic rings. The zero-order valence-electron chi connectivity index (χ0n) is 5.89. The first kappa shape index (κ1) is 8.91. The predicted molar refractivity (Wildman–Crippen MR) is 45.1 cm³/mol. The van der Waals surface area contributed by atoms with Crippen LogP contribution in [0.2, 0.25) is 0 Å². The van der Waals surface area contributed by atoms with Crippen LogP contribution in [0.15, 0.2) is 0 Å². The quantitative estimate of drug-likeness (QED) is 0.419. The molecule has 0 unspecified atom stereocenters. The molecule has 1 radical (unpaired) electrons. The average molecular weight is 141 g/mol. The van der Waals surface area contributed by atoms with E-state index in [1.807, 2.05) is 0 Å². The summed E-state index contributed by atoms with van der Waals surface area (Å²) in [5.41, 5.74) is 0. The van der Waals surface area contributed by atoms with Crippen LogP contribution in [0.3, 0.4) is 0 Å². The summed E-state index contributed by atoms with van der Waals surface area (Å²) in [6, 6.07) is 0. The van der Waals surface area contributed by atoms with E-state index in [9.17, 15) is 0 Å². The second-order valence-electron chi connectivity index (χ2n) is 1.85. The molecule has 0 aliphatic heterocycles. The monoisotopic (exact) mass is 141 g/mol. The highest BCUT2D eigenvalue weighted by Crippen LogP contribution is 2.08. The molecule has 0 saturated heterocycles. The van der Waals surface area contributed by atoms with E-state index in [4.69, 9.17) is 6.42 Å². The lowest BCUT2D eigenvalue weighted by molar-refractivity contribution is 0.766. The van der Waals surface area contributed by atoms with Crippen molar-refractivity contribution in [2.45, 2.75) is 25.7 Å². The first-order chi connectivity index (χ1) is 4.41. The van der Waals surface area contributed by atoms with Gasteiger partial charge in [-0.1, -0.05) is 6.42 Å². The molecule has 0 atom stereocenters. The van der Waals surface area contributed by atoms with Crippen molar-refractivity contribution < 1.29 is 0 Å². The summed E-state index contributed by atoms with van der Waals surface area (Å²) in [5.74, 6) is 4.84. The normalized spacial score (nSPS) is 8.89. The summed E-state index contributed by atoms with van der Waals surface area (Å²) in [4.78, 5) is 0. The number of hydrogen-bond acceptors (Lipinski definition) is 1. The van der Waals surface area contributed by atoms with Gasteiger partial charge in [-0.3, -0.25) is 0 Å². The Bertz CT molecular complexity index is 81.1. The Labute approximate surface area is 62.4 Å². The van der Waals surface area contributed by atoms with Crippen molar-refractivity contribution in [3.8, 4) is 12.3 Å². The van der Waals surface area contributed by atoms with Gasteiger partial charge in [-0.25, -0.2) is 0 Å². The fourth-order valence-corrected chi connectivity index (χ4v) is 0.975. The van der Waals surface area contributed by atoms with Gasteiger partial charge in [-0.2, -0.15) is 11.8 Å². The van der Waals surface area contributed by atoms with Gasteiger partial charge in [0.15, 0.2) is 0 Å². The van der Waals surface area contributed by atoms with Crippen LogP contribution < -0.4 is 0 Å². The molecule has 0 rings (SSSR count). The molecule has 0 N–H and O–H groups in total. The molecule has 0 bridgehead atoms. The second kappa shape index (κ2) is 7.91. The van der Waals surface area contributed by atoms with Crippen molar-refractivity contribution in [2.75, 3.05) is 6.26 Å². The van der Waals surface area contributed by atoms with Gasteiger partial charge in [0.2, 0.25) is 0 Å². The summed E-state index contributed by atoms with van der Waals surface area (Å²) in [7, 11) is 0.